The molecule has 1 atom stereocenters. The van der Waals surface area contributed by atoms with Crippen LogP contribution in [0.4, 0.5) is 5.69 Å². The van der Waals surface area contributed by atoms with Gasteiger partial charge in [0.15, 0.2) is 5.78 Å². The predicted octanol–water partition coefficient (Wildman–Crippen LogP) is 3.77. The van der Waals surface area contributed by atoms with Gasteiger partial charge in [-0.15, -0.1) is 0 Å². The van der Waals surface area contributed by atoms with Gasteiger partial charge in [-0.3, -0.25) is 4.79 Å². The summed E-state index contributed by atoms with van der Waals surface area (Å²) in [6.07, 6.45) is 1.09. The highest BCUT2D eigenvalue weighted by molar-refractivity contribution is 6.02. The zero-order chi connectivity index (χ0) is 14.6. The molecule has 0 spiro atoms. The highest BCUT2D eigenvalue weighted by atomic mass is 16.5. The van der Waals surface area contributed by atoms with Gasteiger partial charge in [-0.25, -0.2) is 0 Å². The van der Waals surface area contributed by atoms with Crippen LogP contribution in [0.5, 0.6) is 5.75 Å². The third kappa shape index (κ3) is 3.72. The number of hydrogen-bond acceptors (Lipinski definition) is 3. The van der Waals surface area contributed by atoms with Crippen LogP contribution in [-0.2, 0) is 0 Å². The van der Waals surface area contributed by atoms with Crippen LogP contribution >= 0.6 is 0 Å². The van der Waals surface area contributed by atoms with Crippen molar-refractivity contribution in [2.24, 2.45) is 5.92 Å². The van der Waals surface area contributed by atoms with Crippen molar-refractivity contribution >= 4 is 11.5 Å². The van der Waals surface area contributed by atoms with Crippen molar-refractivity contribution in [2.75, 3.05) is 19.1 Å². The number of carbonyl (C=O) groups is 1. The molecule has 3 heteroatoms. The molecule has 1 unspecified atom stereocenters. The number of ketones is 1. The van der Waals surface area contributed by atoms with Crippen molar-refractivity contribution in [3.8, 4) is 5.75 Å². The number of hydrogen-bond donors (Lipinski definition) is 0. The Labute approximate surface area is 116 Å². The van der Waals surface area contributed by atoms with Crippen molar-refractivity contribution in [3.05, 3.63) is 23.8 Å². The SMILES string of the molecule is COc1cccc(N(C)C(C)CC(C)C)c1C(C)=O. The second kappa shape index (κ2) is 6.60. The average molecular weight is 263 g/mol. The third-order valence-electron chi connectivity index (χ3n) is 3.43. The fourth-order valence-corrected chi connectivity index (χ4v) is 2.42. The summed E-state index contributed by atoms with van der Waals surface area (Å²) in [5.41, 5.74) is 1.61. The van der Waals surface area contributed by atoms with Crippen molar-refractivity contribution in [2.45, 2.75) is 40.2 Å². The Hall–Kier alpha value is -1.51. The lowest BCUT2D eigenvalue weighted by atomic mass is 10.0. The van der Waals surface area contributed by atoms with Crippen molar-refractivity contribution in [1.82, 2.24) is 0 Å². The van der Waals surface area contributed by atoms with E-state index in [1.807, 2.05) is 25.2 Å². The molecule has 1 aromatic carbocycles. The summed E-state index contributed by atoms with van der Waals surface area (Å²) in [4.78, 5) is 14.1. The lowest BCUT2D eigenvalue weighted by molar-refractivity contribution is 0.101. The molecular formula is C16H25NO2. The molecule has 0 aromatic heterocycles. The van der Waals surface area contributed by atoms with E-state index in [2.05, 4.69) is 25.7 Å². The predicted molar refractivity (Wildman–Crippen MR) is 80.3 cm³/mol. The summed E-state index contributed by atoms with van der Waals surface area (Å²) >= 11 is 0. The molecule has 1 aromatic rings. The Morgan fingerprint density at radius 1 is 1.32 bits per heavy atom. The van der Waals surface area contributed by atoms with Gasteiger partial charge in [0.1, 0.15) is 5.75 Å². The van der Waals surface area contributed by atoms with E-state index in [4.69, 9.17) is 4.74 Å². The van der Waals surface area contributed by atoms with E-state index >= 15 is 0 Å². The van der Waals surface area contributed by atoms with Gasteiger partial charge in [-0.2, -0.15) is 0 Å². The first-order valence-corrected chi connectivity index (χ1v) is 6.79. The van der Waals surface area contributed by atoms with Crippen LogP contribution in [0.3, 0.4) is 0 Å². The van der Waals surface area contributed by atoms with E-state index in [1.54, 1.807) is 14.0 Å². The Morgan fingerprint density at radius 3 is 2.42 bits per heavy atom. The number of methoxy groups -OCH3 is 1. The van der Waals surface area contributed by atoms with Gasteiger partial charge in [0.25, 0.3) is 0 Å². The Bertz CT molecular complexity index is 440. The molecule has 0 aliphatic rings. The molecule has 0 saturated carbocycles. The Morgan fingerprint density at radius 2 is 1.95 bits per heavy atom. The van der Waals surface area contributed by atoms with Crippen LogP contribution in [0, 0.1) is 5.92 Å². The van der Waals surface area contributed by atoms with Crippen LogP contribution in [0.25, 0.3) is 0 Å². The molecular weight excluding hydrogens is 238 g/mol. The van der Waals surface area contributed by atoms with Gasteiger partial charge in [0.05, 0.1) is 18.4 Å². The standard InChI is InChI=1S/C16H25NO2/c1-11(2)10-12(3)17(5)14-8-7-9-15(19-6)16(14)13(4)18/h7-9,11-12H,10H2,1-6H3. The molecule has 0 heterocycles. The average Bonchev–Trinajstić information content (AvgIpc) is 2.35. The maximum Gasteiger partial charge on any atom is 0.165 e. The van der Waals surface area contributed by atoms with Crippen molar-refractivity contribution in [1.29, 1.82) is 0 Å². The number of anilines is 1. The molecule has 19 heavy (non-hydrogen) atoms. The van der Waals surface area contributed by atoms with E-state index < -0.39 is 0 Å². The van der Waals surface area contributed by atoms with E-state index in [1.165, 1.54) is 0 Å². The minimum atomic E-state index is 0.0380. The van der Waals surface area contributed by atoms with E-state index in [0.717, 1.165) is 12.1 Å². The molecule has 0 fully saturated rings. The topological polar surface area (TPSA) is 29.5 Å². The summed E-state index contributed by atoms with van der Waals surface area (Å²) in [6, 6.07) is 6.13. The number of ether oxygens (including phenoxy) is 1. The molecule has 1 rings (SSSR count). The summed E-state index contributed by atoms with van der Waals surface area (Å²) < 4.78 is 5.31. The normalized spacial score (nSPS) is 12.4. The monoisotopic (exact) mass is 263 g/mol. The second-order valence-electron chi connectivity index (χ2n) is 5.50. The summed E-state index contributed by atoms with van der Waals surface area (Å²) in [7, 11) is 3.64. The maximum atomic E-state index is 11.9. The van der Waals surface area contributed by atoms with Crippen LogP contribution in [0.15, 0.2) is 18.2 Å². The lowest BCUT2D eigenvalue weighted by Crippen LogP contribution is -2.31. The second-order valence-corrected chi connectivity index (χ2v) is 5.50. The van der Waals surface area contributed by atoms with Crippen LogP contribution < -0.4 is 9.64 Å². The van der Waals surface area contributed by atoms with Gasteiger partial charge < -0.3 is 9.64 Å². The molecule has 106 valence electrons. The number of Topliss-reactive ketones (excluding diaryl/α,β-unsaturated/α-hetero) is 1. The van der Waals surface area contributed by atoms with Crippen molar-refractivity contribution in [3.63, 3.8) is 0 Å². The molecule has 0 radical (unpaired) electrons. The van der Waals surface area contributed by atoms with Gasteiger partial charge >= 0.3 is 0 Å². The minimum absolute atomic E-state index is 0.0380. The zero-order valence-electron chi connectivity index (χ0n) is 12.9. The van der Waals surface area contributed by atoms with Crippen LogP contribution in [0.2, 0.25) is 0 Å². The minimum Gasteiger partial charge on any atom is -0.496 e. The molecule has 0 bridgehead atoms. The molecule has 0 aliphatic heterocycles. The number of benzene rings is 1. The molecule has 0 saturated heterocycles. The number of carbonyl (C=O) groups excluding carboxylic acids is 1. The molecule has 0 N–H and O–H groups in total. The van der Waals surface area contributed by atoms with Crippen LogP contribution in [-0.4, -0.2) is 26.0 Å². The van der Waals surface area contributed by atoms with Gasteiger partial charge in [-0.05, 0) is 38.3 Å². The molecule has 0 aliphatic carbocycles. The summed E-state index contributed by atoms with van der Waals surface area (Å²) in [5, 5.41) is 0. The van der Waals surface area contributed by atoms with E-state index in [-0.39, 0.29) is 5.78 Å². The maximum absolute atomic E-state index is 11.9. The van der Waals surface area contributed by atoms with Gasteiger partial charge in [-0.1, -0.05) is 19.9 Å². The Kier molecular flexibility index (Phi) is 5.40. The molecule has 3 nitrogen and oxygen atoms in total. The quantitative estimate of drug-likeness (QED) is 0.732. The zero-order valence-corrected chi connectivity index (χ0v) is 12.9. The smallest absolute Gasteiger partial charge is 0.165 e. The van der Waals surface area contributed by atoms with E-state index in [9.17, 15) is 4.79 Å². The number of rotatable bonds is 6. The fourth-order valence-electron chi connectivity index (χ4n) is 2.42. The van der Waals surface area contributed by atoms with Crippen LogP contribution in [0.1, 0.15) is 44.5 Å². The van der Waals surface area contributed by atoms with Crippen molar-refractivity contribution < 1.29 is 9.53 Å². The highest BCUT2D eigenvalue weighted by Crippen LogP contribution is 2.31. The summed E-state index contributed by atoms with van der Waals surface area (Å²) in [6.45, 7) is 8.19. The first-order chi connectivity index (χ1) is 8.88. The van der Waals surface area contributed by atoms with Gasteiger partial charge in [0, 0.05) is 13.1 Å². The highest BCUT2D eigenvalue weighted by Gasteiger charge is 2.19. The largest absolute Gasteiger partial charge is 0.496 e. The fraction of sp³-hybridized carbons (Fsp3) is 0.562. The third-order valence-corrected chi connectivity index (χ3v) is 3.43. The van der Waals surface area contributed by atoms with Gasteiger partial charge in [0.2, 0.25) is 0 Å². The Balaban J connectivity index is 3.15. The first kappa shape index (κ1) is 15.5. The summed E-state index contributed by atoms with van der Waals surface area (Å²) in [5.74, 6) is 1.31. The first-order valence-electron chi connectivity index (χ1n) is 6.79. The number of nitrogens with zero attached hydrogens (tertiary/aromatic N) is 1. The van der Waals surface area contributed by atoms with E-state index in [0.29, 0.717) is 23.3 Å². The lowest BCUT2D eigenvalue weighted by Gasteiger charge is -2.30. The molecule has 0 amide bonds.